The van der Waals surface area contributed by atoms with Crippen LogP contribution in [-0.4, -0.2) is 17.0 Å². The summed E-state index contributed by atoms with van der Waals surface area (Å²) >= 11 is 0. The first-order chi connectivity index (χ1) is 9.04. The molecule has 0 N–H and O–H groups in total. The molecule has 1 aromatic carbocycles. The van der Waals surface area contributed by atoms with E-state index >= 15 is 0 Å². The minimum atomic E-state index is -1.06. The Kier molecular flexibility index (Phi) is 3.37. The molecule has 0 aliphatic heterocycles. The maximum absolute atomic E-state index is 13.6. The highest BCUT2D eigenvalue weighted by Gasteiger charge is 2.19. The molecule has 0 spiro atoms. The average molecular weight is 266 g/mol. The van der Waals surface area contributed by atoms with Crippen LogP contribution in [0.2, 0.25) is 0 Å². The largest absolute Gasteiger partial charge is 0.476 e. The maximum Gasteiger partial charge on any atom is 0.330 e. The molecule has 0 aliphatic carbocycles. The fourth-order valence-electron chi connectivity index (χ4n) is 1.57. The Labute approximate surface area is 106 Å². The van der Waals surface area contributed by atoms with Crippen LogP contribution in [0.15, 0.2) is 30.3 Å². The summed E-state index contributed by atoms with van der Waals surface area (Å²) in [5.41, 5.74) is -0.379. The number of halogens is 2. The number of ether oxygens (including phenoxy) is 1. The van der Waals surface area contributed by atoms with Gasteiger partial charge in [0.2, 0.25) is 0 Å². The molecule has 0 bridgehead atoms. The molecular formula is C12H8F2N2O3. The van der Waals surface area contributed by atoms with E-state index in [4.69, 9.17) is 4.74 Å². The topological polar surface area (TPSA) is 65.3 Å². The summed E-state index contributed by atoms with van der Waals surface area (Å²) in [6.07, 6.45) is 0. The van der Waals surface area contributed by atoms with E-state index in [1.807, 2.05) is 0 Å². The van der Waals surface area contributed by atoms with Crippen LogP contribution in [0, 0.1) is 21.7 Å². The van der Waals surface area contributed by atoms with Gasteiger partial charge in [-0.15, -0.1) is 0 Å². The van der Waals surface area contributed by atoms with Gasteiger partial charge in [0.1, 0.15) is 0 Å². The van der Waals surface area contributed by atoms with Crippen molar-refractivity contribution in [1.82, 2.24) is 4.98 Å². The number of methoxy groups -OCH3 is 1. The summed E-state index contributed by atoms with van der Waals surface area (Å²) in [6.45, 7) is 0. The zero-order chi connectivity index (χ0) is 14.0. The zero-order valence-corrected chi connectivity index (χ0v) is 9.76. The Morgan fingerprint density at radius 2 is 2.00 bits per heavy atom. The third kappa shape index (κ3) is 2.35. The lowest BCUT2D eigenvalue weighted by Gasteiger charge is -2.06. The van der Waals surface area contributed by atoms with Crippen molar-refractivity contribution in [3.63, 3.8) is 0 Å². The van der Waals surface area contributed by atoms with Gasteiger partial charge in [-0.05, 0) is 18.2 Å². The maximum atomic E-state index is 13.6. The average Bonchev–Trinajstić information content (AvgIpc) is 2.41. The molecule has 0 saturated carbocycles. The number of benzene rings is 1. The monoisotopic (exact) mass is 266 g/mol. The summed E-state index contributed by atoms with van der Waals surface area (Å²) in [7, 11) is 1.21. The van der Waals surface area contributed by atoms with Gasteiger partial charge in [-0.1, -0.05) is 6.07 Å². The van der Waals surface area contributed by atoms with Crippen molar-refractivity contribution in [1.29, 1.82) is 0 Å². The zero-order valence-electron chi connectivity index (χ0n) is 9.76. The molecule has 0 atom stereocenters. The lowest BCUT2D eigenvalue weighted by Crippen LogP contribution is -1.98. The van der Waals surface area contributed by atoms with E-state index in [1.165, 1.54) is 25.3 Å². The number of rotatable bonds is 3. The number of aromatic nitrogens is 1. The Bertz CT molecular complexity index is 647. The standard InChI is InChI=1S/C12H8F2N2O3/c1-19-12-10(16(17)18)6-5-9(15-12)7-3-2-4-8(13)11(7)14/h2-6H,1H3. The van der Waals surface area contributed by atoms with Crippen LogP contribution in [0.4, 0.5) is 14.5 Å². The number of hydrogen-bond acceptors (Lipinski definition) is 4. The minimum Gasteiger partial charge on any atom is -0.476 e. The fourth-order valence-corrected chi connectivity index (χ4v) is 1.57. The number of nitro groups is 1. The summed E-state index contributed by atoms with van der Waals surface area (Å²) in [5.74, 6) is -2.34. The van der Waals surface area contributed by atoms with Crippen molar-refractivity contribution in [2.24, 2.45) is 0 Å². The van der Waals surface area contributed by atoms with E-state index in [9.17, 15) is 18.9 Å². The Balaban J connectivity index is 2.58. The van der Waals surface area contributed by atoms with Gasteiger partial charge in [0, 0.05) is 11.6 Å². The smallest absolute Gasteiger partial charge is 0.330 e. The molecule has 0 aliphatic rings. The third-order valence-corrected chi connectivity index (χ3v) is 2.46. The highest BCUT2D eigenvalue weighted by Crippen LogP contribution is 2.30. The van der Waals surface area contributed by atoms with Crippen molar-refractivity contribution in [2.75, 3.05) is 7.11 Å². The molecule has 2 aromatic rings. The van der Waals surface area contributed by atoms with E-state index in [1.54, 1.807) is 0 Å². The van der Waals surface area contributed by atoms with Gasteiger partial charge in [0.15, 0.2) is 11.6 Å². The molecule has 0 unspecified atom stereocenters. The summed E-state index contributed by atoms with van der Waals surface area (Å²) in [4.78, 5) is 13.8. The molecule has 98 valence electrons. The van der Waals surface area contributed by atoms with Crippen molar-refractivity contribution >= 4 is 5.69 Å². The molecule has 5 nitrogen and oxygen atoms in total. The Morgan fingerprint density at radius 1 is 1.26 bits per heavy atom. The first-order valence-electron chi connectivity index (χ1n) is 5.18. The number of hydrogen-bond donors (Lipinski definition) is 0. The molecule has 1 aromatic heterocycles. The first-order valence-corrected chi connectivity index (χ1v) is 5.18. The van der Waals surface area contributed by atoms with Crippen molar-refractivity contribution in [3.05, 3.63) is 52.1 Å². The highest BCUT2D eigenvalue weighted by atomic mass is 19.2. The minimum absolute atomic E-state index is 0.0550. The van der Waals surface area contributed by atoms with Crippen LogP contribution in [0.5, 0.6) is 5.88 Å². The van der Waals surface area contributed by atoms with E-state index < -0.39 is 16.6 Å². The SMILES string of the molecule is COc1nc(-c2cccc(F)c2F)ccc1[N+](=O)[O-]. The molecule has 0 radical (unpaired) electrons. The molecular weight excluding hydrogens is 258 g/mol. The number of nitrogens with zero attached hydrogens (tertiary/aromatic N) is 2. The van der Waals surface area contributed by atoms with Crippen LogP contribution < -0.4 is 4.74 Å². The van der Waals surface area contributed by atoms with Gasteiger partial charge in [0.25, 0.3) is 5.88 Å². The molecule has 2 rings (SSSR count). The van der Waals surface area contributed by atoms with E-state index in [-0.39, 0.29) is 22.8 Å². The summed E-state index contributed by atoms with van der Waals surface area (Å²) in [5, 5.41) is 10.7. The normalized spacial score (nSPS) is 10.3. The van der Waals surface area contributed by atoms with Gasteiger partial charge < -0.3 is 4.74 Å². The first kappa shape index (κ1) is 12.9. The van der Waals surface area contributed by atoms with Gasteiger partial charge in [0.05, 0.1) is 17.7 Å². The van der Waals surface area contributed by atoms with Gasteiger partial charge in [-0.25, -0.2) is 13.8 Å². The lowest BCUT2D eigenvalue weighted by atomic mass is 10.1. The van der Waals surface area contributed by atoms with Crippen LogP contribution in [0.3, 0.4) is 0 Å². The highest BCUT2D eigenvalue weighted by molar-refractivity contribution is 5.63. The van der Waals surface area contributed by atoms with Gasteiger partial charge in [-0.3, -0.25) is 10.1 Å². The molecule has 0 saturated heterocycles. The van der Waals surface area contributed by atoms with E-state index in [2.05, 4.69) is 4.98 Å². The summed E-state index contributed by atoms with van der Waals surface area (Å²) < 4.78 is 31.5. The van der Waals surface area contributed by atoms with E-state index in [0.29, 0.717) is 0 Å². The predicted octanol–water partition coefficient (Wildman–Crippen LogP) is 2.94. The fraction of sp³-hybridized carbons (Fsp3) is 0.0833. The second kappa shape index (κ2) is 4.97. The number of pyridine rings is 1. The quantitative estimate of drug-likeness (QED) is 0.632. The molecule has 0 fully saturated rings. The third-order valence-electron chi connectivity index (χ3n) is 2.46. The Morgan fingerprint density at radius 3 is 2.63 bits per heavy atom. The van der Waals surface area contributed by atoms with Crippen LogP contribution in [-0.2, 0) is 0 Å². The Hall–Kier alpha value is -2.57. The second-order valence-corrected chi connectivity index (χ2v) is 3.58. The van der Waals surface area contributed by atoms with Gasteiger partial charge >= 0.3 is 5.69 Å². The van der Waals surface area contributed by atoms with Crippen LogP contribution in [0.25, 0.3) is 11.3 Å². The van der Waals surface area contributed by atoms with Crippen molar-refractivity contribution in [2.45, 2.75) is 0 Å². The predicted molar refractivity (Wildman–Crippen MR) is 62.8 cm³/mol. The molecule has 7 heteroatoms. The van der Waals surface area contributed by atoms with Crippen LogP contribution >= 0.6 is 0 Å². The lowest BCUT2D eigenvalue weighted by molar-refractivity contribution is -0.386. The van der Waals surface area contributed by atoms with Crippen molar-refractivity contribution < 1.29 is 18.4 Å². The summed E-state index contributed by atoms with van der Waals surface area (Å²) in [6, 6.07) is 5.99. The van der Waals surface area contributed by atoms with Gasteiger partial charge in [-0.2, -0.15) is 0 Å². The van der Waals surface area contributed by atoms with Crippen molar-refractivity contribution in [3.8, 4) is 17.1 Å². The van der Waals surface area contributed by atoms with E-state index in [0.717, 1.165) is 12.1 Å². The van der Waals surface area contributed by atoms with Crippen LogP contribution in [0.1, 0.15) is 0 Å². The molecule has 0 amide bonds. The molecule has 19 heavy (non-hydrogen) atoms. The second-order valence-electron chi connectivity index (χ2n) is 3.58. The molecule has 1 heterocycles.